The Morgan fingerprint density at radius 3 is 2.38 bits per heavy atom. The predicted octanol–water partition coefficient (Wildman–Crippen LogP) is 3.13. The number of aromatic nitrogens is 4. The average Bonchev–Trinajstić information content (AvgIpc) is 3.04. The number of nitrogens with one attached hydrogen (secondary N) is 1. The Morgan fingerprint density at radius 1 is 1.10 bits per heavy atom. The Kier molecular flexibility index (Phi) is 5.77. The molecule has 0 aliphatic rings. The fourth-order valence-electron chi connectivity index (χ4n) is 3.57. The molecule has 0 aliphatic heterocycles. The molecule has 29 heavy (non-hydrogen) atoms. The highest BCUT2D eigenvalue weighted by atomic mass is 16.2. The van der Waals surface area contributed by atoms with Crippen LogP contribution in [0.2, 0.25) is 0 Å². The molecular formula is C22H29N5O2. The van der Waals surface area contributed by atoms with Gasteiger partial charge < -0.3 is 5.32 Å². The summed E-state index contributed by atoms with van der Waals surface area (Å²) in [5.74, 6) is 0.254. The van der Waals surface area contributed by atoms with E-state index >= 15 is 0 Å². The van der Waals surface area contributed by atoms with Crippen molar-refractivity contribution in [2.45, 2.75) is 47.6 Å². The quantitative estimate of drug-likeness (QED) is 0.697. The number of benzene rings is 1. The van der Waals surface area contributed by atoms with Crippen molar-refractivity contribution in [3.8, 4) is 5.69 Å². The lowest BCUT2D eigenvalue weighted by atomic mass is 10.1. The number of nitrogens with zero attached hydrogens (tertiary/aromatic N) is 4. The van der Waals surface area contributed by atoms with Crippen LogP contribution >= 0.6 is 0 Å². The minimum atomic E-state index is -0.242. The number of aryl methyl sites for hydroxylation is 1. The fraction of sp³-hybridized carbons (Fsp3) is 0.409. The summed E-state index contributed by atoms with van der Waals surface area (Å²) in [7, 11) is 1.81. The summed E-state index contributed by atoms with van der Waals surface area (Å²) in [4.78, 5) is 25.7. The number of anilines is 1. The summed E-state index contributed by atoms with van der Waals surface area (Å²) in [6, 6.07) is 9.38. The van der Waals surface area contributed by atoms with E-state index in [1.807, 2.05) is 62.8 Å². The highest BCUT2D eigenvalue weighted by Gasteiger charge is 2.20. The van der Waals surface area contributed by atoms with Gasteiger partial charge in [0, 0.05) is 24.8 Å². The Hall–Kier alpha value is -3.09. The van der Waals surface area contributed by atoms with Gasteiger partial charge in [-0.2, -0.15) is 5.10 Å². The van der Waals surface area contributed by atoms with Crippen molar-refractivity contribution in [2.75, 3.05) is 5.32 Å². The molecule has 0 atom stereocenters. The second-order valence-electron chi connectivity index (χ2n) is 7.89. The number of hydrogen-bond donors (Lipinski definition) is 1. The van der Waals surface area contributed by atoms with Crippen molar-refractivity contribution in [1.82, 2.24) is 19.1 Å². The normalized spacial score (nSPS) is 11.3. The maximum absolute atomic E-state index is 13.0. The van der Waals surface area contributed by atoms with E-state index in [9.17, 15) is 9.59 Å². The molecule has 0 aliphatic carbocycles. The molecule has 1 amide bonds. The number of carbonyl (C=O) groups excluding carboxylic acids is 1. The summed E-state index contributed by atoms with van der Waals surface area (Å²) < 4.78 is 5.27. The van der Waals surface area contributed by atoms with E-state index in [4.69, 9.17) is 0 Å². The van der Waals surface area contributed by atoms with Crippen LogP contribution in [0.5, 0.6) is 0 Å². The number of amides is 1. The first-order valence-corrected chi connectivity index (χ1v) is 9.87. The maximum atomic E-state index is 13.0. The molecule has 0 bridgehead atoms. The van der Waals surface area contributed by atoms with E-state index in [1.165, 1.54) is 0 Å². The largest absolute Gasteiger partial charge is 0.320 e. The third-order valence-electron chi connectivity index (χ3n) is 5.23. The first-order chi connectivity index (χ1) is 13.7. The van der Waals surface area contributed by atoms with Crippen molar-refractivity contribution < 1.29 is 4.79 Å². The van der Waals surface area contributed by atoms with Crippen LogP contribution in [0.25, 0.3) is 5.69 Å². The van der Waals surface area contributed by atoms with Crippen LogP contribution < -0.4 is 10.9 Å². The van der Waals surface area contributed by atoms with E-state index in [-0.39, 0.29) is 17.9 Å². The van der Waals surface area contributed by atoms with Gasteiger partial charge in [0.2, 0.25) is 5.91 Å². The molecule has 7 heteroatoms. The van der Waals surface area contributed by atoms with E-state index in [1.54, 1.807) is 9.36 Å². The lowest BCUT2D eigenvalue weighted by Gasteiger charge is -2.08. The van der Waals surface area contributed by atoms with Crippen molar-refractivity contribution in [3.05, 3.63) is 63.3 Å². The lowest BCUT2D eigenvalue weighted by molar-refractivity contribution is -0.115. The highest BCUT2D eigenvalue weighted by Crippen LogP contribution is 2.18. The molecule has 1 aromatic carbocycles. The second-order valence-corrected chi connectivity index (χ2v) is 7.89. The number of hydrogen-bond acceptors (Lipinski definition) is 3. The topological polar surface area (TPSA) is 73.8 Å². The van der Waals surface area contributed by atoms with Gasteiger partial charge in [0.25, 0.3) is 5.56 Å². The lowest BCUT2D eigenvalue weighted by Crippen LogP contribution is -2.23. The van der Waals surface area contributed by atoms with Crippen LogP contribution in [0.1, 0.15) is 36.5 Å². The molecule has 3 rings (SSSR count). The molecule has 7 nitrogen and oxygen atoms in total. The Labute approximate surface area is 170 Å². The van der Waals surface area contributed by atoms with E-state index in [2.05, 4.69) is 24.3 Å². The Morgan fingerprint density at radius 2 is 1.76 bits per heavy atom. The standard InChI is InChI=1S/C22H29N5O2/c1-14(2)13-26-16(4)19(15(3)24-26)12-20(28)23-21-17(5)25(6)27(22(21)29)18-10-8-7-9-11-18/h7-11,14H,12-13H2,1-6H3,(H,23,28). The third-order valence-corrected chi connectivity index (χ3v) is 5.23. The van der Waals surface area contributed by atoms with Crippen LogP contribution in [0.15, 0.2) is 35.1 Å². The molecule has 1 N–H and O–H groups in total. The highest BCUT2D eigenvalue weighted by molar-refractivity contribution is 5.93. The summed E-state index contributed by atoms with van der Waals surface area (Å²) in [5.41, 5.74) is 4.30. The minimum absolute atomic E-state index is 0.189. The molecule has 2 heterocycles. The van der Waals surface area contributed by atoms with Gasteiger partial charge in [-0.15, -0.1) is 0 Å². The van der Waals surface area contributed by atoms with Gasteiger partial charge in [-0.1, -0.05) is 32.0 Å². The van der Waals surface area contributed by atoms with Gasteiger partial charge in [0.1, 0.15) is 5.69 Å². The molecule has 2 aromatic heterocycles. The van der Waals surface area contributed by atoms with Gasteiger partial charge in [-0.25, -0.2) is 4.68 Å². The first-order valence-electron chi connectivity index (χ1n) is 9.87. The van der Waals surface area contributed by atoms with Crippen LogP contribution in [-0.4, -0.2) is 25.1 Å². The molecular weight excluding hydrogens is 366 g/mol. The zero-order valence-electron chi connectivity index (χ0n) is 18.0. The predicted molar refractivity (Wildman–Crippen MR) is 115 cm³/mol. The molecule has 0 radical (unpaired) electrons. The second kappa shape index (κ2) is 8.11. The molecule has 0 saturated carbocycles. The van der Waals surface area contributed by atoms with Crippen LogP contribution in [0.4, 0.5) is 5.69 Å². The van der Waals surface area contributed by atoms with Crippen LogP contribution in [0.3, 0.4) is 0 Å². The maximum Gasteiger partial charge on any atom is 0.295 e. The zero-order chi connectivity index (χ0) is 21.3. The SMILES string of the molecule is Cc1nn(CC(C)C)c(C)c1CC(=O)Nc1c(C)n(C)n(-c2ccccc2)c1=O. The molecule has 0 unspecified atom stereocenters. The van der Waals surface area contributed by atoms with Gasteiger partial charge in [0.15, 0.2) is 0 Å². The summed E-state index contributed by atoms with van der Waals surface area (Å²) in [5, 5.41) is 7.40. The minimum Gasteiger partial charge on any atom is -0.320 e. The summed E-state index contributed by atoms with van der Waals surface area (Å²) in [6.45, 7) is 10.8. The monoisotopic (exact) mass is 395 g/mol. The number of para-hydroxylation sites is 1. The van der Waals surface area contributed by atoms with Crippen molar-refractivity contribution in [3.63, 3.8) is 0 Å². The molecule has 0 fully saturated rings. The smallest absolute Gasteiger partial charge is 0.295 e. The van der Waals surface area contributed by atoms with Gasteiger partial charge in [-0.3, -0.25) is 19.0 Å². The molecule has 154 valence electrons. The average molecular weight is 396 g/mol. The Balaban J connectivity index is 1.86. The number of rotatable bonds is 6. The van der Waals surface area contributed by atoms with Gasteiger partial charge in [0.05, 0.1) is 23.5 Å². The van der Waals surface area contributed by atoms with E-state index < -0.39 is 0 Å². The van der Waals surface area contributed by atoms with Crippen LogP contribution in [-0.2, 0) is 24.8 Å². The zero-order valence-corrected chi connectivity index (χ0v) is 18.0. The molecule has 0 saturated heterocycles. The molecule has 3 aromatic rings. The van der Waals surface area contributed by atoms with E-state index in [0.717, 1.165) is 29.2 Å². The van der Waals surface area contributed by atoms with Gasteiger partial charge >= 0.3 is 0 Å². The van der Waals surface area contributed by atoms with E-state index in [0.29, 0.717) is 17.3 Å². The van der Waals surface area contributed by atoms with Crippen molar-refractivity contribution in [1.29, 1.82) is 0 Å². The molecule has 0 spiro atoms. The fourth-order valence-corrected chi connectivity index (χ4v) is 3.57. The summed E-state index contributed by atoms with van der Waals surface area (Å²) >= 11 is 0. The third kappa shape index (κ3) is 4.04. The van der Waals surface area contributed by atoms with Crippen molar-refractivity contribution >= 4 is 11.6 Å². The summed E-state index contributed by atoms with van der Waals surface area (Å²) in [6.07, 6.45) is 0.189. The Bertz CT molecular complexity index is 1090. The van der Waals surface area contributed by atoms with Crippen molar-refractivity contribution in [2.24, 2.45) is 13.0 Å². The first kappa shape index (κ1) is 20.6. The van der Waals surface area contributed by atoms with Gasteiger partial charge in [-0.05, 0) is 38.8 Å². The van der Waals surface area contributed by atoms with Crippen LogP contribution in [0, 0.1) is 26.7 Å². The number of carbonyl (C=O) groups is 1.